The number of rotatable bonds is 6. The van der Waals surface area contributed by atoms with Gasteiger partial charge in [-0.05, 0) is 61.8 Å². The van der Waals surface area contributed by atoms with E-state index in [2.05, 4.69) is 46.9 Å². The lowest BCUT2D eigenvalue weighted by Gasteiger charge is -2.41. The predicted octanol–water partition coefficient (Wildman–Crippen LogP) is 5.25. The molecule has 0 radical (unpaired) electrons. The second kappa shape index (κ2) is 7.67. The van der Waals surface area contributed by atoms with Crippen LogP contribution in [0.15, 0.2) is 0 Å². The third-order valence-electron chi connectivity index (χ3n) is 5.30. The van der Waals surface area contributed by atoms with Crippen LogP contribution >= 0.6 is 0 Å². The van der Waals surface area contributed by atoms with Gasteiger partial charge in [-0.15, -0.1) is 0 Å². The molecule has 114 valence electrons. The van der Waals surface area contributed by atoms with Crippen molar-refractivity contribution in [1.29, 1.82) is 0 Å². The van der Waals surface area contributed by atoms with Gasteiger partial charge in [-0.2, -0.15) is 0 Å². The lowest BCUT2D eigenvalue weighted by atomic mass is 9.67. The Bertz CT molecular complexity index is 233. The Morgan fingerprint density at radius 2 is 1.63 bits per heavy atom. The largest absolute Gasteiger partial charge is 0.314 e. The summed E-state index contributed by atoms with van der Waals surface area (Å²) in [7, 11) is 0. The van der Waals surface area contributed by atoms with Gasteiger partial charge >= 0.3 is 0 Å². The van der Waals surface area contributed by atoms with Crippen molar-refractivity contribution in [2.24, 2.45) is 23.2 Å². The molecule has 0 aromatic rings. The topological polar surface area (TPSA) is 12.0 Å². The van der Waals surface area contributed by atoms with E-state index in [9.17, 15) is 0 Å². The van der Waals surface area contributed by atoms with E-state index < -0.39 is 0 Å². The molecule has 1 aliphatic carbocycles. The average molecular weight is 268 g/mol. The first-order valence-electron chi connectivity index (χ1n) is 8.63. The zero-order valence-electron chi connectivity index (χ0n) is 14.3. The maximum Gasteiger partial charge on any atom is 0.0121 e. The normalized spacial score (nSPS) is 28.1. The molecule has 0 saturated heterocycles. The Labute approximate surface area is 121 Å². The molecule has 2 unspecified atom stereocenters. The Morgan fingerprint density at radius 3 is 2.05 bits per heavy atom. The fraction of sp³-hybridized carbons (Fsp3) is 1.00. The zero-order chi connectivity index (χ0) is 14.5. The Kier molecular flexibility index (Phi) is 6.86. The van der Waals surface area contributed by atoms with Crippen molar-refractivity contribution in [3.63, 3.8) is 0 Å². The fourth-order valence-corrected chi connectivity index (χ4v) is 4.05. The summed E-state index contributed by atoms with van der Waals surface area (Å²) in [5.41, 5.74) is 0.508. The minimum Gasteiger partial charge on any atom is -0.314 e. The van der Waals surface area contributed by atoms with Crippen LogP contribution in [0, 0.1) is 23.2 Å². The van der Waals surface area contributed by atoms with Crippen LogP contribution in [-0.4, -0.2) is 12.6 Å². The molecule has 1 aliphatic rings. The van der Waals surface area contributed by atoms with Gasteiger partial charge in [-0.25, -0.2) is 0 Å². The smallest absolute Gasteiger partial charge is 0.0121 e. The van der Waals surface area contributed by atoms with Crippen LogP contribution in [0.3, 0.4) is 0 Å². The van der Waals surface area contributed by atoms with E-state index in [-0.39, 0.29) is 0 Å². The molecule has 1 heteroatoms. The van der Waals surface area contributed by atoms with Crippen LogP contribution in [0.25, 0.3) is 0 Å². The highest BCUT2D eigenvalue weighted by Gasteiger charge is 2.34. The lowest BCUT2D eigenvalue weighted by Crippen LogP contribution is -2.43. The summed E-state index contributed by atoms with van der Waals surface area (Å²) in [5, 5.41) is 3.79. The van der Waals surface area contributed by atoms with Crippen molar-refractivity contribution in [2.75, 3.05) is 6.54 Å². The summed E-state index contributed by atoms with van der Waals surface area (Å²) in [6, 6.07) is 0.755. The molecule has 0 spiro atoms. The Morgan fingerprint density at radius 1 is 1.05 bits per heavy atom. The van der Waals surface area contributed by atoms with Crippen molar-refractivity contribution in [3.8, 4) is 0 Å². The molecule has 1 fully saturated rings. The molecule has 0 bridgehead atoms. The molecule has 0 aromatic carbocycles. The molecular formula is C18H37N. The van der Waals surface area contributed by atoms with Gasteiger partial charge in [0, 0.05) is 6.04 Å². The third kappa shape index (κ3) is 5.10. The lowest BCUT2D eigenvalue weighted by molar-refractivity contribution is 0.117. The van der Waals surface area contributed by atoms with Gasteiger partial charge in [0.1, 0.15) is 0 Å². The molecule has 2 atom stereocenters. The van der Waals surface area contributed by atoms with Crippen LogP contribution in [0.5, 0.6) is 0 Å². The minimum atomic E-state index is 0.508. The first kappa shape index (κ1) is 17.0. The molecule has 0 aromatic heterocycles. The van der Waals surface area contributed by atoms with Gasteiger partial charge in [0.05, 0.1) is 0 Å². The summed E-state index contributed by atoms with van der Waals surface area (Å²) in [4.78, 5) is 0. The van der Waals surface area contributed by atoms with Crippen LogP contribution in [-0.2, 0) is 0 Å². The van der Waals surface area contributed by atoms with E-state index in [1.165, 1.54) is 38.5 Å². The molecule has 1 saturated carbocycles. The van der Waals surface area contributed by atoms with Gasteiger partial charge in [0.2, 0.25) is 0 Å². The van der Waals surface area contributed by atoms with E-state index in [4.69, 9.17) is 0 Å². The van der Waals surface area contributed by atoms with E-state index in [1.54, 1.807) is 0 Å². The maximum absolute atomic E-state index is 3.79. The zero-order valence-corrected chi connectivity index (χ0v) is 14.3. The van der Waals surface area contributed by atoms with Gasteiger partial charge < -0.3 is 5.32 Å². The molecule has 0 amide bonds. The first-order chi connectivity index (χ1) is 8.90. The van der Waals surface area contributed by atoms with Gasteiger partial charge in [0.15, 0.2) is 0 Å². The molecular weight excluding hydrogens is 230 g/mol. The van der Waals surface area contributed by atoms with Crippen molar-refractivity contribution in [1.82, 2.24) is 5.32 Å². The van der Waals surface area contributed by atoms with Gasteiger partial charge in [-0.1, -0.05) is 48.0 Å². The van der Waals surface area contributed by atoms with Crippen molar-refractivity contribution < 1.29 is 0 Å². The first-order valence-corrected chi connectivity index (χ1v) is 8.63. The second-order valence-electron chi connectivity index (χ2n) is 7.83. The van der Waals surface area contributed by atoms with Crippen LogP contribution < -0.4 is 5.32 Å². The molecule has 19 heavy (non-hydrogen) atoms. The Hall–Kier alpha value is -0.0400. The van der Waals surface area contributed by atoms with Crippen molar-refractivity contribution in [3.05, 3.63) is 0 Å². The predicted molar refractivity (Wildman–Crippen MR) is 86.4 cm³/mol. The van der Waals surface area contributed by atoms with Crippen LogP contribution in [0.1, 0.15) is 80.1 Å². The highest BCUT2D eigenvalue weighted by atomic mass is 14.9. The van der Waals surface area contributed by atoms with Gasteiger partial charge in [-0.3, -0.25) is 0 Å². The van der Waals surface area contributed by atoms with Crippen LogP contribution in [0.2, 0.25) is 0 Å². The summed E-state index contributed by atoms with van der Waals surface area (Å²) in [6.07, 6.45) is 8.45. The molecule has 1 N–H and O–H groups in total. The molecule has 0 heterocycles. The van der Waals surface area contributed by atoms with E-state index >= 15 is 0 Å². The minimum absolute atomic E-state index is 0.508. The average Bonchev–Trinajstić information content (AvgIpc) is 2.35. The van der Waals surface area contributed by atoms with E-state index in [0.717, 1.165) is 30.3 Å². The molecule has 1 rings (SSSR count). The quantitative estimate of drug-likeness (QED) is 0.693. The van der Waals surface area contributed by atoms with E-state index in [1.807, 2.05) is 0 Å². The fourth-order valence-electron chi connectivity index (χ4n) is 4.05. The summed E-state index contributed by atoms with van der Waals surface area (Å²) < 4.78 is 0. The van der Waals surface area contributed by atoms with Crippen molar-refractivity contribution in [2.45, 2.75) is 86.1 Å². The summed E-state index contributed by atoms with van der Waals surface area (Å²) in [6.45, 7) is 15.4. The monoisotopic (exact) mass is 267 g/mol. The highest BCUT2D eigenvalue weighted by Crippen LogP contribution is 2.41. The maximum atomic E-state index is 3.79. The number of hydrogen-bond acceptors (Lipinski definition) is 1. The summed E-state index contributed by atoms with van der Waals surface area (Å²) in [5.74, 6) is 2.69. The number of hydrogen-bond donors (Lipinski definition) is 1. The molecule has 0 aliphatic heterocycles. The second-order valence-corrected chi connectivity index (χ2v) is 7.83. The number of nitrogens with one attached hydrogen (secondary N) is 1. The SMILES string of the molecule is CCCC(C)C(NCC)C1CCC(C(C)(C)C)CC1. The van der Waals surface area contributed by atoms with Crippen LogP contribution in [0.4, 0.5) is 0 Å². The Balaban J connectivity index is 2.54. The highest BCUT2D eigenvalue weighted by molar-refractivity contribution is 4.87. The van der Waals surface area contributed by atoms with Gasteiger partial charge in [0.25, 0.3) is 0 Å². The van der Waals surface area contributed by atoms with E-state index in [0.29, 0.717) is 5.41 Å². The van der Waals surface area contributed by atoms with Crippen molar-refractivity contribution >= 4 is 0 Å². The third-order valence-corrected chi connectivity index (χ3v) is 5.30. The molecule has 1 nitrogen and oxygen atoms in total. The standard InChI is InChI=1S/C18H37N/c1-7-9-14(3)17(19-8-2)15-10-12-16(13-11-15)18(4,5)6/h14-17,19H,7-13H2,1-6H3. The summed E-state index contributed by atoms with van der Waals surface area (Å²) >= 11 is 0.